The van der Waals surface area contributed by atoms with Crippen LogP contribution in [0.25, 0.3) is 0 Å². The van der Waals surface area contributed by atoms with E-state index in [1.165, 1.54) is 11.3 Å². The van der Waals surface area contributed by atoms with Gasteiger partial charge < -0.3 is 5.32 Å². The number of hydrogen-bond donors (Lipinski definition) is 2. The zero-order valence-corrected chi connectivity index (χ0v) is 15.1. The van der Waals surface area contributed by atoms with Crippen LogP contribution < -0.4 is 10.0 Å². The molecule has 0 bridgehead atoms. The Morgan fingerprint density at radius 2 is 2.00 bits per heavy atom. The predicted octanol–water partition coefficient (Wildman–Crippen LogP) is 1.48. The number of rotatable bonds is 9. The molecule has 0 fully saturated rings. The number of nitrogens with one attached hydrogen (secondary N) is 2. The average Bonchev–Trinajstić information content (AvgIpc) is 3.01. The maximum atomic E-state index is 11.9. The van der Waals surface area contributed by atoms with Crippen molar-refractivity contribution in [3.05, 3.63) is 52.0 Å². The summed E-state index contributed by atoms with van der Waals surface area (Å²) >= 11 is 1.53. The van der Waals surface area contributed by atoms with E-state index in [-0.39, 0.29) is 31.2 Å². The van der Waals surface area contributed by atoms with E-state index >= 15 is 0 Å². The number of aromatic nitrogens is 1. The van der Waals surface area contributed by atoms with Crippen LogP contribution >= 0.6 is 11.3 Å². The van der Waals surface area contributed by atoms with Gasteiger partial charge in [-0.15, -0.1) is 11.3 Å². The van der Waals surface area contributed by atoms with E-state index in [0.29, 0.717) is 0 Å². The lowest BCUT2D eigenvalue weighted by Gasteiger charge is -2.08. The minimum atomic E-state index is -3.43. The molecule has 1 aromatic carbocycles. The van der Waals surface area contributed by atoms with Gasteiger partial charge in [-0.05, 0) is 12.0 Å². The Bertz CT molecular complexity index is 758. The number of amides is 1. The Kier molecular flexibility index (Phi) is 6.89. The van der Waals surface area contributed by atoms with Crippen LogP contribution in [0.5, 0.6) is 0 Å². The van der Waals surface area contributed by atoms with Gasteiger partial charge in [0.25, 0.3) is 0 Å². The fourth-order valence-corrected chi connectivity index (χ4v) is 3.65. The summed E-state index contributed by atoms with van der Waals surface area (Å²) in [6, 6.07) is 9.28. The van der Waals surface area contributed by atoms with Gasteiger partial charge in [0.05, 0.1) is 22.9 Å². The van der Waals surface area contributed by atoms with Gasteiger partial charge in [-0.25, -0.2) is 18.1 Å². The molecular weight excluding hydrogens is 346 g/mol. The molecule has 6 nitrogen and oxygen atoms in total. The summed E-state index contributed by atoms with van der Waals surface area (Å²) in [5, 5.41) is 5.47. The zero-order valence-electron chi connectivity index (χ0n) is 13.5. The van der Waals surface area contributed by atoms with Crippen molar-refractivity contribution in [2.45, 2.75) is 26.3 Å². The molecule has 24 heavy (non-hydrogen) atoms. The average molecular weight is 367 g/mol. The van der Waals surface area contributed by atoms with E-state index in [9.17, 15) is 13.2 Å². The fraction of sp³-hybridized carbons (Fsp3) is 0.375. The van der Waals surface area contributed by atoms with Gasteiger partial charge in [0, 0.05) is 18.5 Å². The van der Waals surface area contributed by atoms with Crippen molar-refractivity contribution in [1.29, 1.82) is 0 Å². The van der Waals surface area contributed by atoms with Gasteiger partial charge in [-0.3, -0.25) is 4.79 Å². The van der Waals surface area contributed by atoms with Gasteiger partial charge in [0.15, 0.2) is 0 Å². The molecule has 1 aromatic heterocycles. The van der Waals surface area contributed by atoms with E-state index in [1.54, 1.807) is 0 Å². The first-order chi connectivity index (χ1) is 11.5. The molecule has 0 aliphatic rings. The van der Waals surface area contributed by atoms with Gasteiger partial charge in [0.2, 0.25) is 15.9 Å². The van der Waals surface area contributed by atoms with Crippen molar-refractivity contribution in [1.82, 2.24) is 15.0 Å². The minimum absolute atomic E-state index is 0.0771. The largest absolute Gasteiger partial charge is 0.355 e. The number of carbonyl (C=O) groups excluding carboxylic acids is 1. The van der Waals surface area contributed by atoms with E-state index in [4.69, 9.17) is 0 Å². The number of hydrogen-bond acceptors (Lipinski definition) is 5. The standard InChI is InChI=1S/C16H21N3O3S2/c1-2-16-19-14(12-23-16)10-15(20)17-8-9-24(21,22)18-11-13-6-4-3-5-7-13/h3-7,12,18H,2,8-11H2,1H3,(H,17,20). The van der Waals surface area contributed by atoms with E-state index in [1.807, 2.05) is 42.6 Å². The SMILES string of the molecule is CCc1nc(CC(=O)NCCS(=O)(=O)NCc2ccccc2)cs1. The topological polar surface area (TPSA) is 88.2 Å². The third-order valence-electron chi connectivity index (χ3n) is 3.28. The highest BCUT2D eigenvalue weighted by Gasteiger charge is 2.12. The first-order valence-electron chi connectivity index (χ1n) is 7.70. The zero-order chi connectivity index (χ0) is 17.4. The van der Waals surface area contributed by atoms with Crippen molar-refractivity contribution in [3.63, 3.8) is 0 Å². The molecule has 0 saturated heterocycles. The molecule has 0 saturated carbocycles. The lowest BCUT2D eigenvalue weighted by atomic mass is 10.2. The highest BCUT2D eigenvalue weighted by molar-refractivity contribution is 7.89. The van der Waals surface area contributed by atoms with Crippen LogP contribution in [-0.2, 0) is 34.2 Å². The molecule has 0 spiro atoms. The van der Waals surface area contributed by atoms with Gasteiger partial charge in [-0.1, -0.05) is 37.3 Å². The maximum absolute atomic E-state index is 11.9. The van der Waals surface area contributed by atoms with Crippen LogP contribution in [0.3, 0.4) is 0 Å². The molecule has 0 unspecified atom stereocenters. The molecule has 2 rings (SSSR count). The number of benzene rings is 1. The van der Waals surface area contributed by atoms with Crippen LogP contribution in [0.2, 0.25) is 0 Å². The number of thiazole rings is 1. The molecule has 0 aliphatic heterocycles. The first kappa shape index (κ1) is 18.6. The number of sulfonamides is 1. The Labute approximate surface area is 146 Å². The molecule has 0 atom stereocenters. The Morgan fingerprint density at radius 1 is 1.25 bits per heavy atom. The number of carbonyl (C=O) groups is 1. The molecule has 1 amide bonds. The van der Waals surface area contributed by atoms with Crippen molar-refractivity contribution in [3.8, 4) is 0 Å². The Morgan fingerprint density at radius 3 is 2.67 bits per heavy atom. The van der Waals surface area contributed by atoms with E-state index < -0.39 is 10.0 Å². The van der Waals surface area contributed by atoms with Crippen molar-refractivity contribution >= 4 is 27.3 Å². The summed E-state index contributed by atoms with van der Waals surface area (Å²) in [6.07, 6.45) is 1.02. The molecule has 1 heterocycles. The summed E-state index contributed by atoms with van der Waals surface area (Å²) in [5.41, 5.74) is 1.61. The monoisotopic (exact) mass is 367 g/mol. The van der Waals surface area contributed by atoms with Gasteiger partial charge in [-0.2, -0.15) is 0 Å². The van der Waals surface area contributed by atoms with Gasteiger partial charge >= 0.3 is 0 Å². The normalized spacial score (nSPS) is 11.4. The van der Waals surface area contributed by atoms with Crippen LogP contribution in [0.15, 0.2) is 35.7 Å². The molecule has 2 N–H and O–H groups in total. The second-order valence-corrected chi connectivity index (χ2v) is 8.11. The lowest BCUT2D eigenvalue weighted by Crippen LogP contribution is -2.34. The summed E-state index contributed by atoms with van der Waals surface area (Å²) in [7, 11) is -3.43. The summed E-state index contributed by atoms with van der Waals surface area (Å²) < 4.78 is 26.3. The predicted molar refractivity (Wildman–Crippen MR) is 95.3 cm³/mol. The van der Waals surface area contributed by atoms with Crippen molar-refractivity contribution in [2.24, 2.45) is 0 Å². The lowest BCUT2D eigenvalue weighted by molar-refractivity contribution is -0.120. The van der Waals surface area contributed by atoms with Gasteiger partial charge in [0.1, 0.15) is 0 Å². The third kappa shape index (κ3) is 6.38. The van der Waals surface area contributed by atoms with Crippen LogP contribution in [-0.4, -0.2) is 31.6 Å². The molecule has 2 aromatic rings. The van der Waals surface area contributed by atoms with Crippen LogP contribution in [0, 0.1) is 0 Å². The highest BCUT2D eigenvalue weighted by atomic mass is 32.2. The Balaban J connectivity index is 1.70. The van der Waals surface area contributed by atoms with Crippen molar-refractivity contribution < 1.29 is 13.2 Å². The highest BCUT2D eigenvalue weighted by Crippen LogP contribution is 2.10. The maximum Gasteiger partial charge on any atom is 0.226 e. The molecule has 130 valence electrons. The van der Waals surface area contributed by atoms with Crippen molar-refractivity contribution in [2.75, 3.05) is 12.3 Å². The second kappa shape index (κ2) is 8.91. The number of nitrogens with zero attached hydrogens (tertiary/aromatic N) is 1. The third-order valence-corrected chi connectivity index (χ3v) is 5.64. The number of aryl methyl sites for hydroxylation is 1. The molecule has 0 aliphatic carbocycles. The first-order valence-corrected chi connectivity index (χ1v) is 10.2. The van der Waals surface area contributed by atoms with Crippen LogP contribution in [0.4, 0.5) is 0 Å². The summed E-state index contributed by atoms with van der Waals surface area (Å²) in [6.45, 7) is 2.33. The second-order valence-electron chi connectivity index (χ2n) is 5.24. The van der Waals surface area contributed by atoms with Crippen LogP contribution in [0.1, 0.15) is 23.2 Å². The van der Waals surface area contributed by atoms with E-state index in [2.05, 4.69) is 15.0 Å². The summed E-state index contributed by atoms with van der Waals surface area (Å²) in [5.74, 6) is -0.371. The summed E-state index contributed by atoms with van der Waals surface area (Å²) in [4.78, 5) is 16.1. The van der Waals surface area contributed by atoms with E-state index in [0.717, 1.165) is 22.7 Å². The smallest absolute Gasteiger partial charge is 0.226 e. The minimum Gasteiger partial charge on any atom is -0.355 e. The molecule has 8 heteroatoms. The molecule has 0 radical (unpaired) electrons. The Hall–Kier alpha value is -1.77. The quantitative estimate of drug-likeness (QED) is 0.703. The fourth-order valence-electron chi connectivity index (χ4n) is 2.01. The molecular formula is C16H21N3O3S2.